The van der Waals surface area contributed by atoms with Crippen molar-refractivity contribution >= 4 is 23.7 Å². The molecule has 0 bridgehead atoms. The molecule has 0 aromatic rings. The van der Waals surface area contributed by atoms with Crippen LogP contribution in [0.1, 0.15) is 106 Å². The topological polar surface area (TPSA) is 346 Å². The number of ketones is 1. The van der Waals surface area contributed by atoms with E-state index in [1.807, 2.05) is 26.8 Å². The molecule has 5 aliphatic carbocycles. The summed E-state index contributed by atoms with van der Waals surface area (Å²) in [7, 11) is 0. The van der Waals surface area contributed by atoms with E-state index < -0.39 is 150 Å². The van der Waals surface area contributed by atoms with Crippen molar-refractivity contribution in [2.45, 2.75) is 204 Å². The Balaban J connectivity index is 1.04. The highest BCUT2D eigenvalue weighted by atomic mass is 16.8. The summed E-state index contributed by atoms with van der Waals surface area (Å²) in [6.45, 7) is 13.8. The van der Waals surface area contributed by atoms with E-state index in [4.69, 9.17) is 28.4 Å². The normalized spacial score (nSPS) is 52.8. The van der Waals surface area contributed by atoms with Crippen molar-refractivity contribution in [1.29, 1.82) is 0 Å². The van der Waals surface area contributed by atoms with Gasteiger partial charge in [-0.05, 0) is 110 Å². The summed E-state index contributed by atoms with van der Waals surface area (Å²) in [5.74, 6) is -4.85. The van der Waals surface area contributed by atoms with Gasteiger partial charge >= 0.3 is 17.9 Å². The molecule has 11 N–H and O–H groups in total. The standard InChI is InChI=1S/C48H72O21/c1-43(2)23-8-11-48(7)36(21(50)16-19-20-17-45(4,42(62)63)13-12-44(20,3)14-15-47(19,48)6)46(23,5)10-9-24(43)65-41-34(28(54)27(53)33(67-41)37(58)59)68-40-31(57)29(55)32(35(69-40)38(60)61)66-39-30(56)26(52)25(51)22(18-49)64-39/h16,20,22-36,39-41,49,51-57H,8-15,17-18H2,1-7H3,(H,58,59)(H,60,61)(H,62,63)/t20-,22+,23-,24-,25+,26-,27-,28-,29+,30+,31+,32-,33-,34+,35-,36+,39+,40+,41+,44+,45-,46-,47+,48+/m0/s1. The fourth-order valence-electron chi connectivity index (χ4n) is 14.8. The van der Waals surface area contributed by atoms with Crippen LogP contribution in [0.5, 0.6) is 0 Å². The zero-order valence-electron chi connectivity index (χ0n) is 40.1. The number of carboxylic acid groups (broad SMARTS) is 3. The van der Waals surface area contributed by atoms with Crippen molar-refractivity contribution in [1.82, 2.24) is 0 Å². The van der Waals surface area contributed by atoms with E-state index in [9.17, 15) is 75.3 Å². The minimum Gasteiger partial charge on any atom is -0.481 e. The molecule has 3 saturated heterocycles. The van der Waals surface area contributed by atoms with Crippen LogP contribution in [0.3, 0.4) is 0 Å². The average molecular weight is 985 g/mol. The van der Waals surface area contributed by atoms with Gasteiger partial charge in [-0.25, -0.2) is 9.59 Å². The first-order valence-corrected chi connectivity index (χ1v) is 24.3. The Labute approximate surface area is 399 Å². The van der Waals surface area contributed by atoms with Gasteiger partial charge in [0.15, 0.2) is 36.9 Å². The molecular formula is C48H72O21. The number of hydrogen-bond acceptors (Lipinski definition) is 18. The lowest BCUT2D eigenvalue weighted by molar-refractivity contribution is -0.384. The number of carbonyl (C=O) groups is 4. The molecule has 21 nitrogen and oxygen atoms in total. The predicted molar refractivity (Wildman–Crippen MR) is 232 cm³/mol. The first kappa shape index (κ1) is 52.6. The van der Waals surface area contributed by atoms with Gasteiger partial charge in [0.05, 0.1) is 18.1 Å². The molecule has 0 radical (unpaired) electrons. The number of allylic oxidation sites excluding steroid dienone is 2. The van der Waals surface area contributed by atoms with Crippen molar-refractivity contribution in [3.63, 3.8) is 0 Å². The Bertz CT molecular complexity index is 2050. The first-order valence-electron chi connectivity index (χ1n) is 24.3. The quantitative estimate of drug-likeness (QED) is 0.129. The second kappa shape index (κ2) is 18.0. The van der Waals surface area contributed by atoms with Gasteiger partial charge in [-0.2, -0.15) is 0 Å². The van der Waals surface area contributed by atoms with Crippen molar-refractivity contribution in [3.8, 4) is 0 Å². The van der Waals surface area contributed by atoms with Gasteiger partial charge in [-0.1, -0.05) is 47.1 Å². The second-order valence-electron chi connectivity index (χ2n) is 23.4. The highest BCUT2D eigenvalue weighted by Gasteiger charge is 2.71. The lowest BCUT2D eigenvalue weighted by Gasteiger charge is -2.70. The molecule has 8 aliphatic rings. The molecule has 0 amide bonds. The van der Waals surface area contributed by atoms with Crippen LogP contribution in [0.25, 0.3) is 0 Å². The number of aliphatic hydroxyl groups is 8. The third kappa shape index (κ3) is 8.13. The molecule has 69 heavy (non-hydrogen) atoms. The summed E-state index contributed by atoms with van der Waals surface area (Å²) < 4.78 is 34.8. The summed E-state index contributed by atoms with van der Waals surface area (Å²) in [4.78, 5) is 52.5. The minimum atomic E-state index is -2.22. The molecule has 8 rings (SSSR count). The minimum absolute atomic E-state index is 0.0263. The molecule has 0 unspecified atom stereocenters. The number of ether oxygens (including phenoxy) is 6. The van der Waals surface area contributed by atoms with Gasteiger partial charge in [-0.15, -0.1) is 0 Å². The summed E-state index contributed by atoms with van der Waals surface area (Å²) in [5.41, 5.74) is -2.14. The van der Waals surface area contributed by atoms with Crippen molar-refractivity contribution in [2.24, 2.45) is 50.2 Å². The lowest BCUT2D eigenvalue weighted by Crippen LogP contribution is -2.68. The molecule has 7 fully saturated rings. The van der Waals surface area contributed by atoms with Crippen molar-refractivity contribution in [2.75, 3.05) is 6.61 Å². The monoisotopic (exact) mass is 984 g/mol. The maximum atomic E-state index is 15.0. The number of hydrogen-bond donors (Lipinski definition) is 11. The maximum Gasteiger partial charge on any atom is 0.335 e. The Morgan fingerprint density at radius 1 is 0.638 bits per heavy atom. The zero-order chi connectivity index (χ0) is 50.9. The van der Waals surface area contributed by atoms with Crippen LogP contribution in [0.4, 0.5) is 0 Å². The van der Waals surface area contributed by atoms with Gasteiger partial charge in [0.1, 0.15) is 61.0 Å². The van der Waals surface area contributed by atoms with Crippen LogP contribution in [-0.4, -0.2) is 185 Å². The highest BCUT2D eigenvalue weighted by molar-refractivity contribution is 5.95. The van der Waals surface area contributed by atoms with Gasteiger partial charge in [0.25, 0.3) is 0 Å². The lowest BCUT2D eigenvalue weighted by atomic mass is 9.33. The van der Waals surface area contributed by atoms with Gasteiger partial charge in [-0.3, -0.25) is 9.59 Å². The molecule has 0 aromatic carbocycles. The van der Waals surface area contributed by atoms with E-state index in [-0.39, 0.29) is 28.4 Å². The third-order valence-corrected chi connectivity index (χ3v) is 19.3. The number of fused-ring (bicyclic) bond motifs is 7. The Morgan fingerprint density at radius 3 is 1.84 bits per heavy atom. The smallest absolute Gasteiger partial charge is 0.335 e. The fraction of sp³-hybridized carbons (Fsp3) is 0.875. The van der Waals surface area contributed by atoms with Gasteiger partial charge < -0.3 is 84.6 Å². The summed E-state index contributed by atoms with van der Waals surface area (Å²) in [6.07, 6.45) is -23.2. The van der Waals surface area contributed by atoms with Gasteiger partial charge in [0.2, 0.25) is 0 Å². The van der Waals surface area contributed by atoms with Crippen molar-refractivity contribution < 1.29 is 104 Å². The number of carboxylic acids is 3. The molecular weight excluding hydrogens is 913 g/mol. The van der Waals surface area contributed by atoms with E-state index in [1.165, 1.54) is 0 Å². The molecule has 0 spiro atoms. The Hall–Kier alpha value is -2.74. The predicted octanol–water partition coefficient (Wildman–Crippen LogP) is 0.0698. The largest absolute Gasteiger partial charge is 0.481 e. The second-order valence-corrected chi connectivity index (χ2v) is 23.4. The molecule has 390 valence electrons. The molecule has 21 heteroatoms. The van der Waals surface area contributed by atoms with E-state index in [0.29, 0.717) is 38.5 Å². The number of carbonyl (C=O) groups excluding carboxylic acids is 1. The summed E-state index contributed by atoms with van der Waals surface area (Å²) >= 11 is 0. The first-order chi connectivity index (χ1) is 32.0. The van der Waals surface area contributed by atoms with Gasteiger partial charge in [0, 0.05) is 5.92 Å². The van der Waals surface area contributed by atoms with Crippen LogP contribution in [0.2, 0.25) is 0 Å². The summed E-state index contributed by atoms with van der Waals surface area (Å²) in [5, 5.41) is 116. The van der Waals surface area contributed by atoms with Crippen LogP contribution >= 0.6 is 0 Å². The average Bonchev–Trinajstić information content (AvgIpc) is 3.27. The number of aliphatic hydroxyl groups excluding tert-OH is 8. The fourth-order valence-corrected chi connectivity index (χ4v) is 14.8. The third-order valence-electron chi connectivity index (χ3n) is 19.3. The molecule has 4 saturated carbocycles. The van der Waals surface area contributed by atoms with E-state index >= 15 is 0 Å². The number of rotatable bonds is 10. The zero-order valence-corrected chi connectivity index (χ0v) is 40.1. The SMILES string of the molecule is CC1(C)[C@@H](O[C@@H]2O[C@H](C(=O)O)[C@@H](O)[C@H](O)[C@H]2O[C@@H]2O[C@H](C(=O)O)[C@@H](O[C@H]3O[C@H](CO)[C@@H](O)[C@H](O)[C@H]3O)[C@H](O)[C@H]2O)CC[C@]2(C)[C@H]3C(=O)C=C4[C@@H]5C[C@@](C)(C(=O)O)CC[C@]5(C)CC[C@@]4(C)[C@]3(C)CC[C@@H]12. The van der Waals surface area contributed by atoms with Crippen LogP contribution in [0.15, 0.2) is 11.6 Å². The van der Waals surface area contributed by atoms with Crippen molar-refractivity contribution in [3.05, 3.63) is 11.6 Å². The van der Waals surface area contributed by atoms with Crippen LogP contribution < -0.4 is 0 Å². The number of aliphatic carboxylic acids is 3. The molecule has 3 heterocycles. The Kier molecular flexibility index (Phi) is 13.7. The highest BCUT2D eigenvalue weighted by Crippen LogP contribution is 2.75. The molecule has 24 atom stereocenters. The van der Waals surface area contributed by atoms with E-state index in [1.54, 1.807) is 0 Å². The van der Waals surface area contributed by atoms with Crippen LogP contribution in [0, 0.1) is 50.2 Å². The van der Waals surface area contributed by atoms with Crippen LogP contribution in [-0.2, 0) is 47.6 Å². The summed E-state index contributed by atoms with van der Waals surface area (Å²) in [6, 6.07) is 0. The Morgan fingerprint density at radius 2 is 1.22 bits per heavy atom. The van der Waals surface area contributed by atoms with E-state index in [2.05, 4.69) is 27.7 Å². The molecule has 0 aromatic heterocycles. The maximum absolute atomic E-state index is 15.0. The van der Waals surface area contributed by atoms with E-state index in [0.717, 1.165) is 24.8 Å². The molecule has 3 aliphatic heterocycles.